The molecule has 2 aliphatic rings. The number of allylic oxidation sites excluding steroid dienone is 1. The maximum absolute atomic E-state index is 13.2. The topological polar surface area (TPSA) is 63.9 Å². The van der Waals surface area contributed by atoms with E-state index in [-0.39, 0.29) is 24.5 Å². The Morgan fingerprint density at radius 2 is 2.03 bits per heavy atom. The summed E-state index contributed by atoms with van der Waals surface area (Å²) in [5.74, 6) is -0.662. The molecule has 32 heavy (non-hydrogen) atoms. The summed E-state index contributed by atoms with van der Waals surface area (Å²) in [4.78, 5) is 27.9. The van der Waals surface area contributed by atoms with Gasteiger partial charge >= 0.3 is 5.97 Å². The maximum Gasteiger partial charge on any atom is 0.355 e. The molecule has 0 spiro atoms. The number of amides is 1. The van der Waals surface area contributed by atoms with Gasteiger partial charge in [-0.3, -0.25) is 4.79 Å². The number of hydrogen-bond acceptors (Lipinski definition) is 6. The van der Waals surface area contributed by atoms with E-state index in [9.17, 15) is 9.59 Å². The molecule has 2 unspecified atom stereocenters. The molecule has 3 aromatic rings. The molecule has 0 saturated heterocycles. The third-order valence-corrected chi connectivity index (χ3v) is 7.69. The van der Waals surface area contributed by atoms with E-state index >= 15 is 0 Å². The summed E-state index contributed by atoms with van der Waals surface area (Å²) >= 11 is 3.33. The summed E-state index contributed by atoms with van der Waals surface area (Å²) in [6.07, 6.45) is 6.96. The van der Waals surface area contributed by atoms with Gasteiger partial charge in [-0.15, -0.1) is 22.7 Å². The van der Waals surface area contributed by atoms with Crippen molar-refractivity contribution >= 4 is 46.3 Å². The van der Waals surface area contributed by atoms with Crippen LogP contribution in [0.25, 0.3) is 6.08 Å². The highest BCUT2D eigenvalue weighted by Crippen LogP contribution is 2.45. The molecule has 0 bridgehead atoms. The first-order chi connectivity index (χ1) is 15.6. The lowest BCUT2D eigenvalue weighted by Crippen LogP contribution is -2.34. The van der Waals surface area contributed by atoms with Crippen LogP contribution in [0.3, 0.4) is 0 Å². The van der Waals surface area contributed by atoms with Crippen molar-refractivity contribution in [1.82, 2.24) is 9.58 Å². The first-order valence-corrected chi connectivity index (χ1v) is 12.3. The second kappa shape index (κ2) is 8.88. The molecular formula is C24H23N3O3S2. The zero-order valence-electron chi connectivity index (χ0n) is 17.6. The van der Waals surface area contributed by atoms with Crippen molar-refractivity contribution in [2.45, 2.75) is 25.3 Å². The predicted octanol–water partition coefficient (Wildman–Crippen LogP) is 5.13. The highest BCUT2D eigenvalue weighted by atomic mass is 32.1. The molecule has 6 nitrogen and oxygen atoms in total. The van der Waals surface area contributed by atoms with Crippen LogP contribution >= 0.6 is 22.7 Å². The van der Waals surface area contributed by atoms with Crippen LogP contribution in [0.2, 0.25) is 0 Å². The predicted molar refractivity (Wildman–Crippen MR) is 127 cm³/mol. The minimum Gasteiger partial charge on any atom is -0.451 e. The van der Waals surface area contributed by atoms with Crippen molar-refractivity contribution in [2.24, 2.45) is 18.1 Å². The molecule has 2 atom stereocenters. The van der Waals surface area contributed by atoms with Gasteiger partial charge in [0.05, 0.1) is 11.8 Å². The lowest BCUT2D eigenvalue weighted by molar-refractivity contribution is -0.136. The Labute approximate surface area is 194 Å². The number of carbonyl (C=O) groups excluding carboxylic acids is 2. The number of fused-ring (bicyclic) bond motifs is 1. The number of nitrogens with zero attached hydrogens (tertiary/aromatic N) is 3. The molecule has 0 aromatic carbocycles. The van der Waals surface area contributed by atoms with Gasteiger partial charge in [-0.05, 0) is 65.9 Å². The van der Waals surface area contributed by atoms with Crippen LogP contribution in [0.1, 0.15) is 45.5 Å². The van der Waals surface area contributed by atoms with Gasteiger partial charge in [0.25, 0.3) is 5.91 Å². The number of carbonyl (C=O) groups is 2. The SMILES string of the molecule is Cn1cccc1C(=O)OCC(=O)N1N=C2/C(=C\c3cccs3)CCCC2C1c1cccs1. The fourth-order valence-electron chi connectivity index (χ4n) is 4.43. The van der Waals surface area contributed by atoms with E-state index in [0.717, 1.165) is 29.9 Å². The van der Waals surface area contributed by atoms with E-state index in [1.54, 1.807) is 57.6 Å². The summed E-state index contributed by atoms with van der Waals surface area (Å²) in [5.41, 5.74) is 2.60. The van der Waals surface area contributed by atoms with Crippen molar-refractivity contribution in [3.05, 3.63) is 74.4 Å². The maximum atomic E-state index is 13.2. The first kappa shape index (κ1) is 20.9. The second-order valence-electron chi connectivity index (χ2n) is 7.95. The van der Waals surface area contributed by atoms with Crippen LogP contribution < -0.4 is 0 Å². The summed E-state index contributed by atoms with van der Waals surface area (Å²) < 4.78 is 7.02. The third kappa shape index (κ3) is 3.96. The molecular weight excluding hydrogens is 442 g/mol. The fraction of sp³-hybridized carbons (Fsp3) is 0.292. The number of aromatic nitrogens is 1. The fourth-order valence-corrected chi connectivity index (χ4v) is 5.99. The number of aryl methyl sites for hydroxylation is 1. The minimum atomic E-state index is -0.513. The minimum absolute atomic E-state index is 0.154. The Morgan fingerprint density at radius 3 is 2.75 bits per heavy atom. The van der Waals surface area contributed by atoms with E-state index in [1.165, 1.54) is 10.5 Å². The summed E-state index contributed by atoms with van der Waals surface area (Å²) in [7, 11) is 1.77. The van der Waals surface area contributed by atoms with E-state index in [0.29, 0.717) is 5.69 Å². The molecule has 164 valence electrons. The van der Waals surface area contributed by atoms with Crippen molar-refractivity contribution in [3.63, 3.8) is 0 Å². The average Bonchev–Trinajstić information content (AvgIpc) is 3.58. The van der Waals surface area contributed by atoms with Crippen molar-refractivity contribution in [2.75, 3.05) is 6.61 Å². The van der Waals surface area contributed by atoms with Gasteiger partial charge in [0.2, 0.25) is 0 Å². The molecule has 1 saturated carbocycles. The quantitative estimate of drug-likeness (QED) is 0.491. The Balaban J connectivity index is 1.41. The van der Waals surface area contributed by atoms with Gasteiger partial charge in [-0.1, -0.05) is 12.1 Å². The summed E-state index contributed by atoms with van der Waals surface area (Å²) in [5, 5.41) is 10.5. The first-order valence-electron chi connectivity index (χ1n) is 10.6. The smallest absolute Gasteiger partial charge is 0.355 e. The Morgan fingerprint density at radius 1 is 1.19 bits per heavy atom. The van der Waals surface area contributed by atoms with Gasteiger partial charge < -0.3 is 9.30 Å². The lowest BCUT2D eigenvalue weighted by atomic mass is 9.79. The van der Waals surface area contributed by atoms with Gasteiger partial charge in [0, 0.05) is 28.9 Å². The molecule has 0 radical (unpaired) electrons. The van der Waals surface area contributed by atoms with Crippen LogP contribution in [0, 0.1) is 5.92 Å². The molecule has 1 amide bonds. The number of hydrazone groups is 1. The Bertz CT molecular complexity index is 1180. The van der Waals surface area contributed by atoms with E-state index in [2.05, 4.69) is 23.6 Å². The van der Waals surface area contributed by atoms with Crippen LogP contribution in [-0.4, -0.2) is 33.8 Å². The van der Waals surface area contributed by atoms with E-state index in [4.69, 9.17) is 9.84 Å². The number of rotatable bonds is 5. The van der Waals surface area contributed by atoms with Crippen LogP contribution in [0.5, 0.6) is 0 Å². The van der Waals surface area contributed by atoms with E-state index < -0.39 is 5.97 Å². The second-order valence-corrected chi connectivity index (χ2v) is 9.91. The van der Waals surface area contributed by atoms with Gasteiger partial charge in [-0.25, -0.2) is 9.80 Å². The zero-order valence-corrected chi connectivity index (χ0v) is 19.3. The van der Waals surface area contributed by atoms with Gasteiger partial charge in [0.15, 0.2) is 6.61 Å². The number of hydrogen-bond donors (Lipinski definition) is 0. The van der Waals surface area contributed by atoms with Crippen molar-refractivity contribution in [1.29, 1.82) is 0 Å². The van der Waals surface area contributed by atoms with Crippen molar-refractivity contribution < 1.29 is 14.3 Å². The Kier molecular flexibility index (Phi) is 5.80. The summed E-state index contributed by atoms with van der Waals surface area (Å²) in [6, 6.07) is 11.5. The normalized spacial score (nSPS) is 21.5. The summed E-state index contributed by atoms with van der Waals surface area (Å²) in [6.45, 7) is -0.334. The molecule has 1 fully saturated rings. The van der Waals surface area contributed by atoms with Crippen LogP contribution in [0.4, 0.5) is 0 Å². The highest BCUT2D eigenvalue weighted by Gasteiger charge is 2.44. The third-order valence-electron chi connectivity index (χ3n) is 5.93. The number of thiophene rings is 2. The Hall–Kier alpha value is -2.97. The largest absolute Gasteiger partial charge is 0.451 e. The molecule has 0 N–H and O–H groups in total. The lowest BCUT2D eigenvalue weighted by Gasteiger charge is -2.28. The molecule has 4 heterocycles. The standard InChI is InChI=1S/C24H23N3O3S2/c1-26-11-3-9-19(26)24(29)30-15-21(28)27-23(20-10-5-13-32-20)18-8-2-6-16(22(18)25-27)14-17-7-4-12-31-17/h3-5,7,9-14,18,23H,2,6,8,15H2,1H3/b16-14-. The average molecular weight is 466 g/mol. The van der Waals surface area contributed by atoms with E-state index in [1.807, 2.05) is 17.5 Å². The molecule has 8 heteroatoms. The van der Waals surface area contributed by atoms with Gasteiger partial charge in [0.1, 0.15) is 5.69 Å². The number of ether oxygens (including phenoxy) is 1. The monoisotopic (exact) mass is 465 g/mol. The molecule has 5 rings (SSSR count). The molecule has 1 aliphatic heterocycles. The highest BCUT2D eigenvalue weighted by molar-refractivity contribution is 7.11. The molecule has 3 aromatic heterocycles. The molecule has 1 aliphatic carbocycles. The zero-order chi connectivity index (χ0) is 22.1. The van der Waals surface area contributed by atoms with Crippen LogP contribution in [-0.2, 0) is 16.6 Å². The number of esters is 1. The van der Waals surface area contributed by atoms with Crippen LogP contribution in [0.15, 0.2) is 64.0 Å². The van der Waals surface area contributed by atoms with Gasteiger partial charge in [-0.2, -0.15) is 5.10 Å². The van der Waals surface area contributed by atoms with Crippen molar-refractivity contribution in [3.8, 4) is 0 Å².